The van der Waals surface area contributed by atoms with Crippen LogP contribution in [0.3, 0.4) is 0 Å². The Kier molecular flexibility index (Phi) is 6.61. The second-order valence-corrected chi connectivity index (χ2v) is 8.30. The quantitative estimate of drug-likeness (QED) is 0.403. The van der Waals surface area contributed by atoms with Crippen LogP contribution in [-0.4, -0.2) is 17.4 Å². The molecule has 3 aromatic rings. The molecule has 0 bridgehead atoms. The normalized spacial score (nSPS) is 11.5. The highest BCUT2D eigenvalue weighted by Crippen LogP contribution is 2.35. The van der Waals surface area contributed by atoms with Crippen LogP contribution in [0.5, 0.6) is 0 Å². The minimum atomic E-state index is -4.50. The summed E-state index contributed by atoms with van der Waals surface area (Å²) in [5.74, 6) is -0.150. The number of nitrogens with one attached hydrogen (secondary N) is 1. The molecule has 2 heterocycles. The number of hydrogen-bond acceptors (Lipinski definition) is 3. The number of pyridine rings is 1. The number of carbonyl (C=O) groups is 1. The number of carbonyl (C=O) groups excluding carboxylic acids is 1. The van der Waals surface area contributed by atoms with Crippen LogP contribution < -0.4 is 5.32 Å². The third kappa shape index (κ3) is 4.84. The summed E-state index contributed by atoms with van der Waals surface area (Å²) in [4.78, 5) is 16.8. The fourth-order valence-electron chi connectivity index (χ4n) is 2.61. The third-order valence-corrected chi connectivity index (χ3v) is 6.41. The van der Waals surface area contributed by atoms with Gasteiger partial charge in [0.05, 0.1) is 16.3 Å². The van der Waals surface area contributed by atoms with E-state index in [1.165, 1.54) is 11.3 Å². The van der Waals surface area contributed by atoms with Crippen LogP contribution in [0.1, 0.15) is 20.8 Å². The summed E-state index contributed by atoms with van der Waals surface area (Å²) in [7, 11) is 0. The standard InChI is InChI=1S/C19H13ClF3IN2OS/c20-14-9-12(19(21,22)23)10-26-16(14)13-4-2-1-3-11(13)5-7-25-18(27)17-15(24)6-8-28-17/h1-4,6,8-10H,5,7H2,(H,25,27). The van der Waals surface area contributed by atoms with Gasteiger partial charge >= 0.3 is 6.18 Å². The summed E-state index contributed by atoms with van der Waals surface area (Å²) in [5, 5.41) is 4.64. The highest BCUT2D eigenvalue weighted by Gasteiger charge is 2.31. The average molecular weight is 537 g/mol. The van der Waals surface area contributed by atoms with Gasteiger partial charge in [-0.1, -0.05) is 35.9 Å². The zero-order valence-electron chi connectivity index (χ0n) is 14.2. The maximum absolute atomic E-state index is 12.8. The van der Waals surface area contributed by atoms with Crippen LogP contribution in [0.15, 0.2) is 48.0 Å². The summed E-state index contributed by atoms with van der Waals surface area (Å²) in [5.41, 5.74) is 0.861. The van der Waals surface area contributed by atoms with E-state index in [1.807, 2.05) is 23.6 Å². The molecule has 0 saturated carbocycles. The second kappa shape index (κ2) is 8.79. The van der Waals surface area contributed by atoms with Gasteiger partial charge in [0.15, 0.2) is 0 Å². The van der Waals surface area contributed by atoms with Crippen molar-refractivity contribution in [3.05, 3.63) is 72.6 Å². The number of alkyl halides is 3. The van der Waals surface area contributed by atoms with Crippen LogP contribution in [0.2, 0.25) is 5.02 Å². The maximum Gasteiger partial charge on any atom is 0.417 e. The lowest BCUT2D eigenvalue weighted by Crippen LogP contribution is -2.25. The van der Waals surface area contributed by atoms with E-state index in [4.69, 9.17) is 11.6 Å². The van der Waals surface area contributed by atoms with Crippen LogP contribution >= 0.6 is 45.5 Å². The Labute approximate surface area is 182 Å². The van der Waals surface area contributed by atoms with Crippen LogP contribution in [0, 0.1) is 3.57 Å². The molecular weight excluding hydrogens is 524 g/mol. The predicted molar refractivity (Wildman–Crippen MR) is 113 cm³/mol. The minimum absolute atomic E-state index is 0.0700. The number of amides is 1. The smallest absolute Gasteiger partial charge is 0.351 e. The lowest BCUT2D eigenvalue weighted by atomic mass is 10.0. The molecule has 1 amide bonds. The molecule has 9 heteroatoms. The van der Waals surface area contributed by atoms with Crippen molar-refractivity contribution in [3.8, 4) is 11.3 Å². The molecule has 0 unspecified atom stereocenters. The Balaban J connectivity index is 1.77. The molecule has 0 saturated heterocycles. The minimum Gasteiger partial charge on any atom is -0.351 e. The van der Waals surface area contributed by atoms with Crippen molar-refractivity contribution in [2.24, 2.45) is 0 Å². The number of hydrogen-bond donors (Lipinski definition) is 1. The molecule has 0 radical (unpaired) electrons. The van der Waals surface area contributed by atoms with Gasteiger partial charge in [-0.15, -0.1) is 11.3 Å². The average Bonchev–Trinajstić information content (AvgIpc) is 3.07. The van der Waals surface area contributed by atoms with Gasteiger partial charge in [-0.25, -0.2) is 0 Å². The second-order valence-electron chi connectivity index (χ2n) is 5.81. The van der Waals surface area contributed by atoms with Crippen molar-refractivity contribution in [2.45, 2.75) is 12.6 Å². The van der Waals surface area contributed by atoms with Crippen molar-refractivity contribution in [3.63, 3.8) is 0 Å². The van der Waals surface area contributed by atoms with E-state index in [9.17, 15) is 18.0 Å². The van der Waals surface area contributed by atoms with Gasteiger partial charge in [-0.3, -0.25) is 9.78 Å². The number of rotatable bonds is 5. The van der Waals surface area contributed by atoms with Crippen molar-refractivity contribution >= 4 is 51.4 Å². The van der Waals surface area contributed by atoms with E-state index in [1.54, 1.807) is 12.1 Å². The van der Waals surface area contributed by atoms with E-state index in [0.717, 1.165) is 21.4 Å². The van der Waals surface area contributed by atoms with Gasteiger partial charge in [0.25, 0.3) is 5.91 Å². The van der Waals surface area contributed by atoms with Crippen LogP contribution in [0.4, 0.5) is 13.2 Å². The molecule has 146 valence electrons. The number of benzene rings is 1. The van der Waals surface area contributed by atoms with Gasteiger partial charge in [0, 0.05) is 21.9 Å². The molecule has 0 aliphatic carbocycles. The predicted octanol–water partition coefficient (Wildman–Crippen LogP) is 6.06. The van der Waals surface area contributed by atoms with E-state index in [-0.39, 0.29) is 16.6 Å². The monoisotopic (exact) mass is 536 g/mol. The van der Waals surface area contributed by atoms with Crippen molar-refractivity contribution in [1.82, 2.24) is 10.3 Å². The fourth-order valence-corrected chi connectivity index (χ4v) is 4.63. The third-order valence-electron chi connectivity index (χ3n) is 3.94. The molecule has 0 aliphatic rings. The fraction of sp³-hybridized carbons (Fsp3) is 0.158. The zero-order valence-corrected chi connectivity index (χ0v) is 17.9. The Hall–Kier alpha value is -1.65. The van der Waals surface area contributed by atoms with Gasteiger partial charge < -0.3 is 5.32 Å². The van der Waals surface area contributed by atoms with Gasteiger partial charge in [-0.05, 0) is 52.1 Å². The number of aromatic nitrogens is 1. The molecule has 0 fully saturated rings. The lowest BCUT2D eigenvalue weighted by molar-refractivity contribution is -0.137. The van der Waals surface area contributed by atoms with Crippen molar-refractivity contribution in [1.29, 1.82) is 0 Å². The SMILES string of the molecule is O=C(NCCc1ccccc1-c1ncc(C(F)(F)F)cc1Cl)c1sccc1I. The van der Waals surface area contributed by atoms with E-state index >= 15 is 0 Å². The van der Waals surface area contributed by atoms with Crippen LogP contribution in [0.25, 0.3) is 11.3 Å². The molecule has 0 aliphatic heterocycles. The maximum atomic E-state index is 12.8. The van der Waals surface area contributed by atoms with Gasteiger partial charge in [-0.2, -0.15) is 13.2 Å². The largest absolute Gasteiger partial charge is 0.417 e. The first-order chi connectivity index (χ1) is 13.3. The lowest BCUT2D eigenvalue weighted by Gasteiger charge is -2.13. The topological polar surface area (TPSA) is 42.0 Å². The highest BCUT2D eigenvalue weighted by molar-refractivity contribution is 14.1. The molecule has 3 nitrogen and oxygen atoms in total. The Morgan fingerprint density at radius 3 is 2.64 bits per heavy atom. The molecule has 28 heavy (non-hydrogen) atoms. The zero-order chi connectivity index (χ0) is 20.3. The highest BCUT2D eigenvalue weighted by atomic mass is 127. The molecule has 3 rings (SSSR count). The summed E-state index contributed by atoms with van der Waals surface area (Å²) < 4.78 is 39.4. The van der Waals surface area contributed by atoms with Crippen molar-refractivity contribution in [2.75, 3.05) is 6.54 Å². The molecule has 0 spiro atoms. The Morgan fingerprint density at radius 1 is 1.25 bits per heavy atom. The number of halogens is 5. The number of thiophene rings is 1. The molecule has 0 atom stereocenters. The molecule has 1 aromatic carbocycles. The summed E-state index contributed by atoms with van der Waals surface area (Å²) >= 11 is 9.56. The van der Waals surface area contributed by atoms with Gasteiger partial charge in [0.2, 0.25) is 0 Å². The Bertz CT molecular complexity index is 1010. The molecule has 1 N–H and O–H groups in total. The van der Waals surface area contributed by atoms with Crippen molar-refractivity contribution < 1.29 is 18.0 Å². The number of nitrogens with zero attached hydrogens (tertiary/aromatic N) is 1. The molecule has 2 aromatic heterocycles. The first-order valence-electron chi connectivity index (χ1n) is 8.09. The van der Waals surface area contributed by atoms with Gasteiger partial charge in [0.1, 0.15) is 4.88 Å². The van der Waals surface area contributed by atoms with E-state index in [0.29, 0.717) is 23.4 Å². The summed E-state index contributed by atoms with van der Waals surface area (Å²) in [6, 6.07) is 9.92. The summed E-state index contributed by atoms with van der Waals surface area (Å²) in [6.07, 6.45) is -3.24. The Morgan fingerprint density at radius 2 is 2.00 bits per heavy atom. The van der Waals surface area contributed by atoms with E-state index in [2.05, 4.69) is 32.9 Å². The first-order valence-corrected chi connectivity index (χ1v) is 10.4. The summed E-state index contributed by atoms with van der Waals surface area (Å²) in [6.45, 7) is 0.377. The molecular formula is C19H13ClF3IN2OS. The first kappa shape index (κ1) is 21.1. The van der Waals surface area contributed by atoms with E-state index < -0.39 is 11.7 Å². The van der Waals surface area contributed by atoms with Crippen LogP contribution in [-0.2, 0) is 12.6 Å².